The summed E-state index contributed by atoms with van der Waals surface area (Å²) in [5.74, 6) is 0.943. The Labute approximate surface area is 161 Å². The molecule has 0 atom stereocenters. The number of carbonyl (C=O) groups is 1. The van der Waals surface area contributed by atoms with Crippen LogP contribution in [0.1, 0.15) is 6.92 Å². The van der Waals surface area contributed by atoms with Crippen molar-refractivity contribution in [2.75, 3.05) is 55.4 Å². The fourth-order valence-electron chi connectivity index (χ4n) is 2.74. The first kappa shape index (κ1) is 18.8. The minimum Gasteiger partial charge on any atom is -0.495 e. The van der Waals surface area contributed by atoms with Gasteiger partial charge in [0.15, 0.2) is 4.34 Å². The first-order valence-corrected chi connectivity index (χ1v) is 10.3. The van der Waals surface area contributed by atoms with Crippen molar-refractivity contribution in [1.29, 1.82) is 0 Å². The highest BCUT2D eigenvalue weighted by Crippen LogP contribution is 2.31. The normalized spacial score (nSPS) is 14.4. The summed E-state index contributed by atoms with van der Waals surface area (Å²) in [6.07, 6.45) is 0. The lowest BCUT2D eigenvalue weighted by atomic mass is 10.2. The van der Waals surface area contributed by atoms with Gasteiger partial charge in [-0.2, -0.15) is 0 Å². The minimum atomic E-state index is -0.223. The van der Waals surface area contributed by atoms with E-state index in [9.17, 15) is 4.79 Å². The number of rotatable bonds is 7. The molecule has 1 fully saturated rings. The summed E-state index contributed by atoms with van der Waals surface area (Å²) in [5.41, 5.74) is 1.12. The van der Waals surface area contributed by atoms with Gasteiger partial charge >= 0.3 is 5.97 Å². The van der Waals surface area contributed by atoms with Gasteiger partial charge in [-0.3, -0.25) is 4.79 Å². The third-order valence-corrected chi connectivity index (χ3v) is 6.08. The number of aromatic nitrogens is 2. The first-order valence-electron chi connectivity index (χ1n) is 8.46. The van der Waals surface area contributed by atoms with E-state index in [1.54, 1.807) is 14.0 Å². The largest absolute Gasteiger partial charge is 0.495 e. The van der Waals surface area contributed by atoms with E-state index in [4.69, 9.17) is 9.47 Å². The maximum absolute atomic E-state index is 11.4. The Bertz CT molecular complexity index is 732. The number of piperazine rings is 1. The molecular formula is C17H22N4O3S2. The zero-order chi connectivity index (χ0) is 18.4. The number of nitrogens with zero attached hydrogens (tertiary/aromatic N) is 4. The summed E-state index contributed by atoms with van der Waals surface area (Å²) in [5, 5.41) is 9.35. The van der Waals surface area contributed by atoms with E-state index >= 15 is 0 Å². The van der Waals surface area contributed by atoms with E-state index in [1.165, 1.54) is 23.1 Å². The topological polar surface area (TPSA) is 67.8 Å². The van der Waals surface area contributed by atoms with Crippen LogP contribution in [0.4, 0.5) is 10.8 Å². The van der Waals surface area contributed by atoms with Gasteiger partial charge in [-0.15, -0.1) is 10.2 Å². The van der Waals surface area contributed by atoms with Crippen LogP contribution < -0.4 is 14.5 Å². The molecule has 0 aliphatic carbocycles. The van der Waals surface area contributed by atoms with Crippen LogP contribution in [-0.2, 0) is 9.53 Å². The Morgan fingerprint density at radius 1 is 1.19 bits per heavy atom. The Kier molecular flexibility index (Phi) is 6.56. The number of hydrogen-bond acceptors (Lipinski definition) is 9. The predicted molar refractivity (Wildman–Crippen MR) is 105 cm³/mol. The lowest BCUT2D eigenvalue weighted by Crippen LogP contribution is -2.46. The fraction of sp³-hybridized carbons (Fsp3) is 0.471. The summed E-state index contributed by atoms with van der Waals surface area (Å²) in [7, 11) is 1.70. The van der Waals surface area contributed by atoms with Crippen LogP contribution in [-0.4, -0.2) is 61.8 Å². The second kappa shape index (κ2) is 9.09. The van der Waals surface area contributed by atoms with Gasteiger partial charge in [0.05, 0.1) is 25.2 Å². The number of methoxy groups -OCH3 is 1. The molecule has 140 valence electrons. The lowest BCUT2D eigenvalue weighted by molar-refractivity contribution is -0.139. The highest BCUT2D eigenvalue weighted by Gasteiger charge is 2.22. The van der Waals surface area contributed by atoms with E-state index in [2.05, 4.69) is 26.1 Å². The smallest absolute Gasteiger partial charge is 0.316 e. The van der Waals surface area contributed by atoms with Gasteiger partial charge in [-0.05, 0) is 19.1 Å². The van der Waals surface area contributed by atoms with Crippen LogP contribution in [0.25, 0.3) is 0 Å². The summed E-state index contributed by atoms with van der Waals surface area (Å²) >= 11 is 2.89. The third kappa shape index (κ3) is 4.59. The van der Waals surface area contributed by atoms with Gasteiger partial charge in [0, 0.05) is 26.2 Å². The Morgan fingerprint density at radius 2 is 1.92 bits per heavy atom. The molecule has 1 aromatic carbocycles. The SMILES string of the molecule is CCOC(=O)CSc1nnc(N2CCN(c3ccccc3OC)CC2)s1. The van der Waals surface area contributed by atoms with Crippen LogP contribution in [0.2, 0.25) is 0 Å². The zero-order valence-electron chi connectivity index (χ0n) is 14.9. The van der Waals surface area contributed by atoms with Gasteiger partial charge in [-0.1, -0.05) is 35.2 Å². The van der Waals surface area contributed by atoms with E-state index in [-0.39, 0.29) is 11.7 Å². The molecular weight excluding hydrogens is 372 g/mol. The zero-order valence-corrected chi connectivity index (χ0v) is 16.5. The van der Waals surface area contributed by atoms with Crippen LogP contribution in [0, 0.1) is 0 Å². The van der Waals surface area contributed by atoms with Gasteiger partial charge in [0.25, 0.3) is 0 Å². The van der Waals surface area contributed by atoms with Crippen LogP contribution >= 0.6 is 23.1 Å². The molecule has 9 heteroatoms. The highest BCUT2D eigenvalue weighted by atomic mass is 32.2. The van der Waals surface area contributed by atoms with Crippen molar-refractivity contribution < 1.29 is 14.3 Å². The van der Waals surface area contributed by atoms with Crippen molar-refractivity contribution in [3.8, 4) is 5.75 Å². The molecule has 1 saturated heterocycles. The quantitative estimate of drug-likeness (QED) is 0.524. The molecule has 1 aliphatic rings. The molecule has 0 bridgehead atoms. The number of thioether (sulfide) groups is 1. The molecule has 2 heterocycles. The van der Waals surface area contributed by atoms with Crippen molar-refractivity contribution in [3.63, 3.8) is 0 Å². The second-order valence-corrected chi connectivity index (χ2v) is 7.77. The number of ether oxygens (including phenoxy) is 2. The molecule has 7 nitrogen and oxygen atoms in total. The van der Waals surface area contributed by atoms with Crippen molar-refractivity contribution in [2.24, 2.45) is 0 Å². The number of para-hydroxylation sites is 2. The van der Waals surface area contributed by atoms with Crippen LogP contribution in [0.15, 0.2) is 28.6 Å². The number of hydrogen-bond donors (Lipinski definition) is 0. The van der Waals surface area contributed by atoms with Gasteiger partial charge in [0.1, 0.15) is 5.75 Å². The van der Waals surface area contributed by atoms with Gasteiger partial charge in [-0.25, -0.2) is 0 Å². The summed E-state index contributed by atoms with van der Waals surface area (Å²) in [6.45, 7) is 5.73. The minimum absolute atomic E-state index is 0.223. The Balaban J connectivity index is 1.54. The number of carbonyl (C=O) groups excluding carboxylic acids is 1. The molecule has 3 rings (SSSR count). The highest BCUT2D eigenvalue weighted by molar-refractivity contribution is 8.01. The first-order chi connectivity index (χ1) is 12.7. The number of esters is 1. The Hall–Kier alpha value is -2.00. The van der Waals surface area contributed by atoms with Gasteiger partial charge < -0.3 is 19.3 Å². The van der Waals surface area contributed by atoms with E-state index in [1.807, 2.05) is 18.2 Å². The molecule has 2 aromatic rings. The second-order valence-electron chi connectivity index (χ2n) is 5.59. The maximum Gasteiger partial charge on any atom is 0.316 e. The number of anilines is 2. The van der Waals surface area contributed by atoms with Crippen molar-refractivity contribution >= 4 is 39.9 Å². The van der Waals surface area contributed by atoms with E-state index in [0.29, 0.717) is 6.61 Å². The average Bonchev–Trinajstić information content (AvgIpc) is 3.16. The molecule has 26 heavy (non-hydrogen) atoms. The van der Waals surface area contributed by atoms with Gasteiger partial charge in [0.2, 0.25) is 5.13 Å². The van der Waals surface area contributed by atoms with Crippen molar-refractivity contribution in [2.45, 2.75) is 11.3 Å². The fourth-order valence-corrected chi connectivity index (χ4v) is 4.43. The van der Waals surface area contributed by atoms with E-state index < -0.39 is 0 Å². The lowest BCUT2D eigenvalue weighted by Gasteiger charge is -2.36. The molecule has 1 aliphatic heterocycles. The molecule has 0 radical (unpaired) electrons. The Morgan fingerprint density at radius 3 is 2.65 bits per heavy atom. The predicted octanol–water partition coefficient (Wildman–Crippen LogP) is 2.53. The standard InChI is InChI=1S/C17H22N4O3S2/c1-3-24-15(22)12-25-17-19-18-16(26-17)21-10-8-20(9-11-21)13-6-4-5-7-14(13)23-2/h4-7H,3,8-12H2,1-2H3. The van der Waals surface area contributed by atoms with Crippen molar-refractivity contribution in [1.82, 2.24) is 10.2 Å². The maximum atomic E-state index is 11.4. The third-order valence-electron chi connectivity index (χ3n) is 3.99. The molecule has 0 amide bonds. The average molecular weight is 395 g/mol. The number of benzene rings is 1. The van der Waals surface area contributed by atoms with Crippen molar-refractivity contribution in [3.05, 3.63) is 24.3 Å². The molecule has 0 spiro atoms. The summed E-state index contributed by atoms with van der Waals surface area (Å²) in [4.78, 5) is 16.0. The molecule has 0 unspecified atom stereocenters. The summed E-state index contributed by atoms with van der Waals surface area (Å²) in [6, 6.07) is 8.08. The monoisotopic (exact) mass is 394 g/mol. The van der Waals surface area contributed by atoms with Crippen LogP contribution in [0.3, 0.4) is 0 Å². The molecule has 0 saturated carbocycles. The molecule has 1 aromatic heterocycles. The molecule has 0 N–H and O–H groups in total. The summed E-state index contributed by atoms with van der Waals surface area (Å²) < 4.78 is 11.2. The van der Waals surface area contributed by atoms with Crippen LogP contribution in [0.5, 0.6) is 5.75 Å². The van der Waals surface area contributed by atoms with E-state index in [0.717, 1.165) is 47.1 Å².